The quantitative estimate of drug-likeness (QED) is 0.773. The normalized spacial score (nSPS) is 11.2. The number of anilines is 1. The Morgan fingerprint density at radius 1 is 1.24 bits per heavy atom. The van der Waals surface area contributed by atoms with Gasteiger partial charge in [0.15, 0.2) is 0 Å². The van der Waals surface area contributed by atoms with Crippen molar-refractivity contribution in [1.29, 1.82) is 0 Å². The Hall–Kier alpha value is -2.47. The number of rotatable bonds is 4. The fourth-order valence-electron chi connectivity index (χ4n) is 2.69. The number of carbonyl (C=O) groups is 1. The minimum atomic E-state index is -0.245. The Kier molecular flexibility index (Phi) is 4.72. The predicted molar refractivity (Wildman–Crippen MR) is 103 cm³/mol. The van der Waals surface area contributed by atoms with Gasteiger partial charge in [0, 0.05) is 10.6 Å². The van der Waals surface area contributed by atoms with E-state index in [1.54, 1.807) is 0 Å². The van der Waals surface area contributed by atoms with Gasteiger partial charge >= 0.3 is 0 Å². The van der Waals surface area contributed by atoms with Crippen LogP contribution in [0.25, 0.3) is 10.2 Å². The van der Waals surface area contributed by atoms with Crippen molar-refractivity contribution in [1.82, 2.24) is 9.55 Å². The van der Waals surface area contributed by atoms with Crippen molar-refractivity contribution < 1.29 is 4.79 Å². The van der Waals surface area contributed by atoms with Gasteiger partial charge in [-0.05, 0) is 43.0 Å². The topological polar surface area (TPSA) is 64.0 Å². The van der Waals surface area contributed by atoms with Crippen LogP contribution in [0.1, 0.15) is 35.8 Å². The number of nitrogens with zero attached hydrogens (tertiary/aromatic N) is 2. The molecular weight excluding hydrogens is 334 g/mol. The van der Waals surface area contributed by atoms with Crippen LogP contribution < -0.4 is 10.9 Å². The summed E-state index contributed by atoms with van der Waals surface area (Å²) in [5, 5.41) is 3.44. The Labute approximate surface area is 150 Å². The average molecular weight is 355 g/mol. The van der Waals surface area contributed by atoms with Crippen molar-refractivity contribution in [3.8, 4) is 0 Å². The van der Waals surface area contributed by atoms with Gasteiger partial charge in [0.05, 0.1) is 11.7 Å². The molecule has 0 bridgehead atoms. The monoisotopic (exact) mass is 355 g/mol. The van der Waals surface area contributed by atoms with E-state index in [0.29, 0.717) is 11.3 Å². The van der Waals surface area contributed by atoms with Gasteiger partial charge in [-0.2, -0.15) is 0 Å². The maximum atomic E-state index is 12.6. The van der Waals surface area contributed by atoms with Crippen LogP contribution in [0.4, 0.5) is 5.69 Å². The van der Waals surface area contributed by atoms with E-state index < -0.39 is 0 Å². The lowest BCUT2D eigenvalue weighted by molar-refractivity contribution is -0.116. The maximum absolute atomic E-state index is 12.6. The molecule has 2 aromatic heterocycles. The molecule has 130 valence electrons. The highest BCUT2D eigenvalue weighted by Gasteiger charge is 2.13. The van der Waals surface area contributed by atoms with Crippen LogP contribution >= 0.6 is 11.3 Å². The number of thiophene rings is 1. The Morgan fingerprint density at radius 3 is 2.56 bits per heavy atom. The first-order valence-electron chi connectivity index (χ1n) is 8.21. The van der Waals surface area contributed by atoms with Crippen LogP contribution in [0.3, 0.4) is 0 Å². The molecule has 0 unspecified atom stereocenters. The van der Waals surface area contributed by atoms with Gasteiger partial charge < -0.3 is 5.32 Å². The van der Waals surface area contributed by atoms with Crippen molar-refractivity contribution in [2.24, 2.45) is 0 Å². The van der Waals surface area contributed by atoms with E-state index in [4.69, 9.17) is 0 Å². The number of carbonyl (C=O) groups excluding carboxylic acids is 1. The summed E-state index contributed by atoms with van der Waals surface area (Å²) in [7, 11) is 0. The van der Waals surface area contributed by atoms with Crippen LogP contribution in [0.15, 0.2) is 35.4 Å². The Balaban J connectivity index is 1.79. The molecule has 0 spiro atoms. The number of aromatic nitrogens is 2. The van der Waals surface area contributed by atoms with E-state index >= 15 is 0 Å². The molecule has 2 heterocycles. The third-order valence-electron chi connectivity index (χ3n) is 4.33. The lowest BCUT2D eigenvalue weighted by Gasteiger charge is -2.09. The molecule has 3 aromatic rings. The second-order valence-electron chi connectivity index (χ2n) is 6.47. The molecule has 0 fully saturated rings. The van der Waals surface area contributed by atoms with E-state index in [2.05, 4.69) is 24.1 Å². The first-order chi connectivity index (χ1) is 11.9. The highest BCUT2D eigenvalue weighted by atomic mass is 32.1. The van der Waals surface area contributed by atoms with E-state index in [9.17, 15) is 9.59 Å². The van der Waals surface area contributed by atoms with Crippen LogP contribution in [-0.2, 0) is 11.3 Å². The third-order valence-corrected chi connectivity index (χ3v) is 5.45. The maximum Gasteiger partial charge on any atom is 0.262 e. The summed E-state index contributed by atoms with van der Waals surface area (Å²) in [6, 6.07) is 7.75. The molecule has 0 aliphatic carbocycles. The molecule has 5 nitrogen and oxygen atoms in total. The first kappa shape index (κ1) is 17.4. The largest absolute Gasteiger partial charge is 0.325 e. The number of nitrogens with one attached hydrogen (secondary N) is 1. The van der Waals surface area contributed by atoms with Gasteiger partial charge in [0.1, 0.15) is 11.4 Å². The van der Waals surface area contributed by atoms with E-state index in [0.717, 1.165) is 21.0 Å². The van der Waals surface area contributed by atoms with Crippen LogP contribution in [0, 0.1) is 13.8 Å². The molecule has 1 aromatic carbocycles. The Bertz CT molecular complexity index is 984. The van der Waals surface area contributed by atoms with E-state index in [-0.39, 0.29) is 18.0 Å². The molecule has 3 rings (SSSR count). The smallest absolute Gasteiger partial charge is 0.262 e. The van der Waals surface area contributed by atoms with Crippen molar-refractivity contribution in [2.45, 2.75) is 40.2 Å². The van der Waals surface area contributed by atoms with Gasteiger partial charge in [-0.15, -0.1) is 11.3 Å². The lowest BCUT2D eigenvalue weighted by Crippen LogP contribution is -2.27. The molecule has 0 saturated heterocycles. The fraction of sp³-hybridized carbons (Fsp3) is 0.316. The van der Waals surface area contributed by atoms with Crippen LogP contribution in [-0.4, -0.2) is 15.5 Å². The lowest BCUT2D eigenvalue weighted by atomic mass is 10.0. The van der Waals surface area contributed by atoms with E-state index in [1.807, 2.05) is 38.1 Å². The van der Waals surface area contributed by atoms with Crippen LogP contribution in [0.2, 0.25) is 0 Å². The summed E-state index contributed by atoms with van der Waals surface area (Å²) in [5.74, 6) is 0.198. The molecule has 6 heteroatoms. The van der Waals surface area contributed by atoms with Crippen molar-refractivity contribution in [2.75, 3.05) is 5.32 Å². The van der Waals surface area contributed by atoms with Gasteiger partial charge in [0.2, 0.25) is 5.91 Å². The number of hydrogen-bond donors (Lipinski definition) is 1. The third kappa shape index (κ3) is 3.49. The van der Waals surface area contributed by atoms with Gasteiger partial charge in [0.25, 0.3) is 5.56 Å². The number of fused-ring (bicyclic) bond motifs is 1. The van der Waals surface area contributed by atoms with Gasteiger partial charge in [-0.25, -0.2) is 4.98 Å². The summed E-state index contributed by atoms with van der Waals surface area (Å²) >= 11 is 1.50. The van der Waals surface area contributed by atoms with Crippen molar-refractivity contribution >= 4 is 33.1 Å². The second-order valence-corrected chi connectivity index (χ2v) is 7.67. The number of amides is 1. The summed E-state index contributed by atoms with van der Waals surface area (Å²) in [6.07, 6.45) is 1.45. The number of hydrogen-bond acceptors (Lipinski definition) is 4. The minimum absolute atomic E-state index is 0.0535. The van der Waals surface area contributed by atoms with Gasteiger partial charge in [-0.1, -0.05) is 26.0 Å². The molecule has 0 atom stereocenters. The predicted octanol–water partition coefficient (Wildman–Crippen LogP) is 3.84. The van der Waals surface area contributed by atoms with Crippen molar-refractivity contribution in [3.63, 3.8) is 0 Å². The highest BCUT2D eigenvalue weighted by Crippen LogP contribution is 2.25. The molecular formula is C19H21N3O2S. The molecule has 25 heavy (non-hydrogen) atoms. The fourth-order valence-corrected chi connectivity index (χ4v) is 3.68. The number of aryl methyl sites for hydroxylation is 2. The molecule has 1 amide bonds. The summed E-state index contributed by atoms with van der Waals surface area (Å²) in [5.41, 5.74) is 2.71. The zero-order valence-electron chi connectivity index (χ0n) is 14.8. The number of benzene rings is 1. The summed E-state index contributed by atoms with van der Waals surface area (Å²) < 4.78 is 1.36. The average Bonchev–Trinajstić information content (AvgIpc) is 2.86. The Morgan fingerprint density at radius 2 is 1.92 bits per heavy atom. The van der Waals surface area contributed by atoms with Gasteiger partial charge in [-0.3, -0.25) is 14.2 Å². The zero-order valence-corrected chi connectivity index (χ0v) is 15.6. The summed E-state index contributed by atoms with van der Waals surface area (Å²) in [6.45, 7) is 8.08. The molecule has 0 saturated carbocycles. The molecule has 0 radical (unpaired) electrons. The first-order valence-corrected chi connectivity index (χ1v) is 9.03. The van der Waals surface area contributed by atoms with Crippen LogP contribution in [0.5, 0.6) is 0 Å². The second kappa shape index (κ2) is 6.80. The summed E-state index contributed by atoms with van der Waals surface area (Å²) in [4.78, 5) is 31.0. The molecule has 1 N–H and O–H groups in total. The van der Waals surface area contributed by atoms with Crippen molar-refractivity contribution in [3.05, 3.63) is 57.0 Å². The van der Waals surface area contributed by atoms with E-state index in [1.165, 1.54) is 27.8 Å². The SMILES string of the molecule is Cc1sc2ncn(CC(=O)Nc3ccc(C(C)C)cc3)c(=O)c2c1C. The standard InChI is InChI=1S/C19H21N3O2S/c1-11(2)14-5-7-15(8-6-14)21-16(23)9-22-10-20-18-17(19(22)24)12(3)13(4)25-18/h5-8,10-11H,9H2,1-4H3,(H,21,23). The molecule has 0 aliphatic heterocycles. The molecule has 0 aliphatic rings. The highest BCUT2D eigenvalue weighted by molar-refractivity contribution is 7.18. The zero-order chi connectivity index (χ0) is 18.1. The minimum Gasteiger partial charge on any atom is -0.325 e.